The van der Waals surface area contributed by atoms with E-state index in [1.54, 1.807) is 25.1 Å². The van der Waals surface area contributed by atoms with Gasteiger partial charge in [-0.05, 0) is 43.5 Å². The van der Waals surface area contributed by atoms with Crippen LogP contribution in [0.25, 0.3) is 22.3 Å². The molecule has 1 fully saturated rings. The van der Waals surface area contributed by atoms with Crippen molar-refractivity contribution < 1.29 is 13.6 Å². The Labute approximate surface area is 195 Å². The Kier molecular flexibility index (Phi) is 5.69. The summed E-state index contributed by atoms with van der Waals surface area (Å²) in [5.74, 6) is -1.75. The maximum Gasteiger partial charge on any atom is 0.251 e. The number of carbonyl (C=O) groups is 1. The average molecular weight is 463 g/mol. The van der Waals surface area contributed by atoms with Crippen molar-refractivity contribution in [3.05, 3.63) is 71.1 Å². The summed E-state index contributed by atoms with van der Waals surface area (Å²) in [5, 5.41) is 7.75. The van der Waals surface area contributed by atoms with Crippen LogP contribution in [-0.2, 0) is 6.54 Å². The van der Waals surface area contributed by atoms with E-state index in [-0.39, 0.29) is 29.5 Å². The highest BCUT2D eigenvalue weighted by Crippen LogP contribution is 2.37. The number of benzene rings is 2. The van der Waals surface area contributed by atoms with E-state index in [9.17, 15) is 4.79 Å². The number of nitrogens with zero attached hydrogens (tertiary/aromatic N) is 4. The maximum absolute atomic E-state index is 15.0. The number of aromatic nitrogens is 4. The van der Waals surface area contributed by atoms with Gasteiger partial charge in [-0.3, -0.25) is 4.79 Å². The molecule has 2 aromatic heterocycles. The molecule has 5 rings (SSSR count). The van der Waals surface area contributed by atoms with E-state index in [4.69, 9.17) is 5.73 Å². The maximum atomic E-state index is 15.0. The van der Waals surface area contributed by atoms with Gasteiger partial charge >= 0.3 is 0 Å². The second-order valence-corrected chi connectivity index (χ2v) is 8.61. The molecule has 0 bridgehead atoms. The highest BCUT2D eigenvalue weighted by atomic mass is 19.1. The highest BCUT2D eigenvalue weighted by molar-refractivity contribution is 5.98. The van der Waals surface area contributed by atoms with Crippen molar-refractivity contribution in [1.29, 1.82) is 0 Å². The summed E-state index contributed by atoms with van der Waals surface area (Å²) in [6.45, 7) is 1.52. The molecule has 34 heavy (non-hydrogen) atoms. The molecular weight excluding hydrogens is 438 g/mol. The van der Waals surface area contributed by atoms with Crippen LogP contribution in [0.3, 0.4) is 0 Å². The zero-order chi connectivity index (χ0) is 23.8. The lowest BCUT2D eigenvalue weighted by molar-refractivity contribution is 0.0949. The molecule has 1 saturated carbocycles. The van der Waals surface area contributed by atoms with Crippen molar-refractivity contribution in [3.63, 3.8) is 0 Å². The zero-order valence-corrected chi connectivity index (χ0v) is 18.7. The Balaban J connectivity index is 1.48. The number of hydrogen-bond donors (Lipinski definition) is 2. The van der Waals surface area contributed by atoms with Crippen molar-refractivity contribution in [2.75, 3.05) is 5.73 Å². The van der Waals surface area contributed by atoms with Crippen LogP contribution in [0.5, 0.6) is 0 Å². The number of fused-ring (bicyclic) bond motifs is 1. The zero-order valence-electron chi connectivity index (χ0n) is 18.7. The summed E-state index contributed by atoms with van der Waals surface area (Å²) in [6, 6.07) is 9.61. The number of halogens is 2. The number of amides is 1. The lowest BCUT2D eigenvalue weighted by Crippen LogP contribution is -2.24. The minimum Gasteiger partial charge on any atom is -0.383 e. The fourth-order valence-corrected chi connectivity index (χ4v) is 4.60. The first-order valence-corrected chi connectivity index (χ1v) is 11.2. The lowest BCUT2D eigenvalue weighted by atomic mass is 10.0. The molecule has 4 aromatic rings. The number of aryl methyl sites for hydroxylation is 1. The molecule has 0 saturated heterocycles. The summed E-state index contributed by atoms with van der Waals surface area (Å²) in [6.07, 6.45) is 5.48. The van der Waals surface area contributed by atoms with Crippen molar-refractivity contribution in [1.82, 2.24) is 25.1 Å². The number of nitrogen functional groups attached to an aromatic ring is 1. The number of hydrogen-bond acceptors (Lipinski definition) is 5. The average Bonchev–Trinajstić information content (AvgIpc) is 3.47. The van der Waals surface area contributed by atoms with Crippen LogP contribution < -0.4 is 11.1 Å². The van der Waals surface area contributed by atoms with Crippen LogP contribution in [0.1, 0.15) is 53.2 Å². The quantitative estimate of drug-likeness (QED) is 0.448. The number of carbonyl (C=O) groups excluding carboxylic acids is 1. The highest BCUT2D eigenvalue weighted by Gasteiger charge is 2.25. The first-order chi connectivity index (χ1) is 16.4. The van der Waals surface area contributed by atoms with Crippen LogP contribution in [0.2, 0.25) is 0 Å². The van der Waals surface area contributed by atoms with Crippen molar-refractivity contribution in [2.45, 2.75) is 45.2 Å². The minimum absolute atomic E-state index is 0.163. The molecule has 1 amide bonds. The standard InChI is InChI=1S/C25H24F2N6O/c1-14-6-2-5-9-17(14)25(34)29-12-18-19(26)10-15(11-20(18)27)22-21-23(28)30-13-31-24(21)33(32-22)16-7-3-4-8-16/h2,5-6,9-11,13,16H,3-4,7-8,12H2,1H3,(H,29,34)(H2,28,30,31). The predicted octanol–water partition coefficient (Wildman–Crippen LogP) is 4.71. The molecule has 7 nitrogen and oxygen atoms in total. The van der Waals surface area contributed by atoms with Crippen LogP contribution in [0, 0.1) is 18.6 Å². The van der Waals surface area contributed by atoms with Crippen LogP contribution in [-0.4, -0.2) is 25.7 Å². The molecule has 1 aliphatic rings. The van der Waals surface area contributed by atoms with Crippen molar-refractivity contribution in [2.24, 2.45) is 0 Å². The molecule has 0 radical (unpaired) electrons. The smallest absolute Gasteiger partial charge is 0.251 e. The summed E-state index contributed by atoms with van der Waals surface area (Å²) in [5.41, 5.74) is 8.27. The largest absolute Gasteiger partial charge is 0.383 e. The molecule has 174 valence electrons. The third kappa shape index (κ3) is 3.87. The molecule has 3 N–H and O–H groups in total. The third-order valence-corrected chi connectivity index (χ3v) is 6.42. The molecule has 1 aliphatic carbocycles. The summed E-state index contributed by atoms with van der Waals surface area (Å²) >= 11 is 0. The van der Waals surface area contributed by atoms with E-state index < -0.39 is 17.5 Å². The lowest BCUT2D eigenvalue weighted by Gasteiger charge is -2.11. The first kappa shape index (κ1) is 21.9. The first-order valence-electron chi connectivity index (χ1n) is 11.2. The van der Waals surface area contributed by atoms with Gasteiger partial charge in [0.05, 0.1) is 11.4 Å². The number of nitrogens with one attached hydrogen (secondary N) is 1. The Bertz CT molecular complexity index is 1370. The third-order valence-electron chi connectivity index (χ3n) is 6.42. The molecule has 2 aromatic carbocycles. The van der Waals surface area contributed by atoms with Gasteiger partial charge in [-0.15, -0.1) is 0 Å². The molecule has 2 heterocycles. The summed E-state index contributed by atoms with van der Waals surface area (Å²) in [4.78, 5) is 20.9. The van der Waals surface area contributed by atoms with Gasteiger partial charge in [0, 0.05) is 23.2 Å². The second-order valence-electron chi connectivity index (χ2n) is 8.61. The summed E-state index contributed by atoms with van der Waals surface area (Å²) < 4.78 is 31.9. The molecular formula is C25H24F2N6O. The molecule has 0 atom stereocenters. The van der Waals surface area contributed by atoms with E-state index in [1.807, 2.05) is 10.7 Å². The van der Waals surface area contributed by atoms with E-state index in [1.165, 1.54) is 18.5 Å². The van der Waals surface area contributed by atoms with E-state index >= 15 is 8.78 Å². The summed E-state index contributed by atoms with van der Waals surface area (Å²) in [7, 11) is 0. The van der Waals surface area contributed by atoms with Gasteiger partial charge < -0.3 is 11.1 Å². The monoisotopic (exact) mass is 462 g/mol. The number of nitrogens with two attached hydrogens (primary N) is 1. The minimum atomic E-state index is -0.779. The van der Waals surface area contributed by atoms with Gasteiger partial charge in [-0.1, -0.05) is 31.0 Å². The Morgan fingerprint density at radius 3 is 2.56 bits per heavy atom. The van der Waals surface area contributed by atoms with E-state index in [2.05, 4.69) is 20.4 Å². The van der Waals surface area contributed by atoms with Gasteiger partial charge in [0.25, 0.3) is 5.91 Å². The molecule has 0 spiro atoms. The van der Waals surface area contributed by atoms with Crippen LogP contribution in [0.15, 0.2) is 42.7 Å². The van der Waals surface area contributed by atoms with Crippen molar-refractivity contribution >= 4 is 22.8 Å². The SMILES string of the molecule is Cc1ccccc1C(=O)NCc1c(F)cc(-c2nn(C3CCCC3)c3ncnc(N)c23)cc1F. The van der Waals surface area contributed by atoms with Gasteiger partial charge in [-0.2, -0.15) is 5.10 Å². The Hall–Kier alpha value is -3.88. The number of rotatable bonds is 5. The fraction of sp³-hybridized carbons (Fsp3) is 0.280. The van der Waals surface area contributed by atoms with Gasteiger partial charge in [0.15, 0.2) is 5.65 Å². The van der Waals surface area contributed by atoms with Gasteiger partial charge in [0.1, 0.15) is 29.5 Å². The second kappa shape index (κ2) is 8.81. The number of anilines is 1. The predicted molar refractivity (Wildman–Crippen MR) is 125 cm³/mol. The fourth-order valence-electron chi connectivity index (χ4n) is 4.60. The normalized spacial score (nSPS) is 14.1. The Morgan fingerprint density at radius 2 is 1.85 bits per heavy atom. The van der Waals surface area contributed by atoms with Crippen LogP contribution in [0.4, 0.5) is 14.6 Å². The van der Waals surface area contributed by atoms with Crippen molar-refractivity contribution in [3.8, 4) is 11.3 Å². The van der Waals surface area contributed by atoms with Gasteiger partial charge in [0.2, 0.25) is 0 Å². The molecule has 0 aliphatic heterocycles. The Morgan fingerprint density at radius 1 is 1.15 bits per heavy atom. The topological polar surface area (TPSA) is 98.7 Å². The molecule has 9 heteroatoms. The van der Waals surface area contributed by atoms with Crippen LogP contribution >= 0.6 is 0 Å². The molecule has 0 unspecified atom stereocenters. The van der Waals surface area contributed by atoms with E-state index in [0.29, 0.717) is 22.3 Å². The van der Waals surface area contributed by atoms with Gasteiger partial charge in [-0.25, -0.2) is 23.4 Å². The van der Waals surface area contributed by atoms with E-state index in [0.717, 1.165) is 31.2 Å².